The van der Waals surface area contributed by atoms with Gasteiger partial charge < -0.3 is 4.90 Å². The van der Waals surface area contributed by atoms with Gasteiger partial charge in [-0.3, -0.25) is 24.2 Å². The summed E-state index contributed by atoms with van der Waals surface area (Å²) in [5.74, 6) is 3.50. The number of likely N-dealkylation sites (tertiary alicyclic amines) is 1. The number of amides is 1. The summed E-state index contributed by atoms with van der Waals surface area (Å²) in [4.78, 5) is 57.1. The van der Waals surface area contributed by atoms with Crippen LogP contribution < -0.4 is 0 Å². The Hall–Kier alpha value is -3.51. The third-order valence-corrected chi connectivity index (χ3v) is 8.10. The van der Waals surface area contributed by atoms with E-state index in [9.17, 15) is 32.3 Å². The summed E-state index contributed by atoms with van der Waals surface area (Å²) in [6, 6.07) is 4.39. The van der Waals surface area contributed by atoms with Crippen LogP contribution in [0.5, 0.6) is 0 Å². The molecular formula is C30H28ClF3N2O4. The highest BCUT2D eigenvalue weighted by Crippen LogP contribution is 2.46. The third-order valence-electron chi connectivity index (χ3n) is 7.82. The molecule has 0 N–H and O–H groups in total. The first-order valence-corrected chi connectivity index (χ1v) is 13.3. The van der Waals surface area contributed by atoms with Crippen molar-refractivity contribution in [3.05, 3.63) is 62.9 Å². The summed E-state index contributed by atoms with van der Waals surface area (Å²) in [6.45, 7) is 6.02. The molecule has 10 heteroatoms. The summed E-state index contributed by atoms with van der Waals surface area (Å²) in [5, 5.41) is -0.475. The van der Waals surface area contributed by atoms with Crippen molar-refractivity contribution in [2.75, 3.05) is 13.1 Å². The van der Waals surface area contributed by atoms with Crippen molar-refractivity contribution in [1.82, 2.24) is 9.88 Å². The van der Waals surface area contributed by atoms with Crippen LogP contribution in [0, 0.1) is 31.1 Å². The molecule has 1 aromatic heterocycles. The average Bonchev–Trinajstić information content (AvgIpc) is 2.85. The summed E-state index contributed by atoms with van der Waals surface area (Å²) in [7, 11) is 0. The lowest BCUT2D eigenvalue weighted by Gasteiger charge is -2.44. The number of carbonyl (C=O) groups is 4. The number of piperidine rings is 1. The molecule has 1 saturated heterocycles. The highest BCUT2D eigenvalue weighted by Gasteiger charge is 2.48. The first kappa shape index (κ1) is 29.5. The van der Waals surface area contributed by atoms with Crippen LogP contribution in [0.4, 0.5) is 13.2 Å². The number of hydrogen-bond donors (Lipinski definition) is 0. The van der Waals surface area contributed by atoms with Gasteiger partial charge in [0.1, 0.15) is 23.2 Å². The molecule has 40 heavy (non-hydrogen) atoms. The van der Waals surface area contributed by atoms with Gasteiger partial charge in [-0.05, 0) is 73.9 Å². The minimum Gasteiger partial charge on any atom is -0.342 e. The van der Waals surface area contributed by atoms with Crippen LogP contribution in [0.2, 0.25) is 5.02 Å². The predicted molar refractivity (Wildman–Crippen MR) is 142 cm³/mol. The SMILES string of the molecule is CC#Cc1cc(C)c(C2C(=O)CC3(CCN(C(=O)CC(=O)c4ncc(C(F)(F)F)cc4Cl)CC3)CC2=O)c(C)c1. The number of carbonyl (C=O) groups excluding carboxylic acids is 4. The summed E-state index contributed by atoms with van der Waals surface area (Å²) in [6.07, 6.45) is -3.43. The molecule has 6 nitrogen and oxygen atoms in total. The lowest BCUT2D eigenvalue weighted by atomic mass is 9.62. The van der Waals surface area contributed by atoms with Crippen LogP contribution in [-0.4, -0.2) is 46.2 Å². The molecule has 1 amide bonds. The standard InChI is InChI=1S/C30H28ClF3N2O4/c1-4-5-19-10-17(2)26(18(3)11-19)27-23(38)14-29(15-24(27)39)6-8-36(9-7-29)25(40)13-22(37)28-21(31)12-20(16-35-28)30(32,33)34/h10-12,16,27H,6-9,13-15H2,1-3H3. The summed E-state index contributed by atoms with van der Waals surface area (Å²) in [5.41, 5.74) is 1.26. The van der Waals surface area contributed by atoms with Gasteiger partial charge in [-0.25, -0.2) is 0 Å². The fourth-order valence-corrected chi connectivity index (χ4v) is 6.14. The molecule has 2 aliphatic rings. The van der Waals surface area contributed by atoms with Crippen molar-refractivity contribution in [3.8, 4) is 11.8 Å². The first-order valence-electron chi connectivity index (χ1n) is 12.9. The van der Waals surface area contributed by atoms with Crippen LogP contribution in [0.1, 0.15) is 83.3 Å². The normalized spacial score (nSPS) is 17.5. The topological polar surface area (TPSA) is 84.4 Å². The molecule has 2 aromatic rings. The molecule has 2 fully saturated rings. The number of halogens is 4. The monoisotopic (exact) mass is 572 g/mol. The minimum absolute atomic E-state index is 0.130. The zero-order valence-electron chi connectivity index (χ0n) is 22.4. The van der Waals surface area contributed by atoms with Crippen molar-refractivity contribution in [2.45, 2.75) is 65.0 Å². The van der Waals surface area contributed by atoms with Crippen LogP contribution in [0.25, 0.3) is 0 Å². The van der Waals surface area contributed by atoms with Gasteiger partial charge in [0.15, 0.2) is 5.78 Å². The van der Waals surface area contributed by atoms with E-state index in [1.165, 1.54) is 4.90 Å². The van der Waals surface area contributed by atoms with Crippen molar-refractivity contribution >= 4 is 34.9 Å². The number of Topliss-reactive ketones (excluding diaryl/α,β-unsaturated/α-hetero) is 3. The van der Waals surface area contributed by atoms with Gasteiger partial charge in [0.25, 0.3) is 0 Å². The fraction of sp³-hybridized carbons (Fsp3) is 0.433. The van der Waals surface area contributed by atoms with E-state index < -0.39 is 51.9 Å². The second-order valence-electron chi connectivity index (χ2n) is 10.7. The Labute approximate surface area is 235 Å². The fourth-order valence-electron chi connectivity index (χ4n) is 5.87. The quantitative estimate of drug-likeness (QED) is 0.269. The van der Waals surface area contributed by atoms with E-state index in [0.717, 1.165) is 22.3 Å². The van der Waals surface area contributed by atoms with Gasteiger partial charge in [0.05, 0.1) is 17.0 Å². The zero-order valence-corrected chi connectivity index (χ0v) is 23.1. The highest BCUT2D eigenvalue weighted by atomic mass is 35.5. The lowest BCUT2D eigenvalue weighted by molar-refractivity contribution is -0.140. The maximum Gasteiger partial charge on any atom is 0.417 e. The maximum absolute atomic E-state index is 13.4. The Morgan fingerprint density at radius 2 is 1.65 bits per heavy atom. The van der Waals surface area contributed by atoms with E-state index >= 15 is 0 Å². The van der Waals surface area contributed by atoms with E-state index in [1.807, 2.05) is 26.0 Å². The van der Waals surface area contributed by atoms with Crippen molar-refractivity contribution in [1.29, 1.82) is 0 Å². The largest absolute Gasteiger partial charge is 0.417 e. The third kappa shape index (κ3) is 5.97. The molecule has 0 atom stereocenters. The van der Waals surface area contributed by atoms with E-state index in [-0.39, 0.29) is 37.5 Å². The zero-order chi connectivity index (χ0) is 29.4. The number of aryl methyl sites for hydroxylation is 2. The molecule has 0 unspecified atom stereocenters. The van der Waals surface area contributed by atoms with E-state index in [1.54, 1.807) is 6.92 Å². The van der Waals surface area contributed by atoms with Crippen LogP contribution in [0.15, 0.2) is 24.4 Å². The molecule has 0 radical (unpaired) electrons. The Morgan fingerprint density at radius 1 is 1.07 bits per heavy atom. The van der Waals surface area contributed by atoms with Gasteiger partial charge in [0.2, 0.25) is 5.91 Å². The van der Waals surface area contributed by atoms with Crippen molar-refractivity contribution in [3.63, 3.8) is 0 Å². The van der Waals surface area contributed by atoms with E-state index in [0.29, 0.717) is 25.1 Å². The van der Waals surface area contributed by atoms with E-state index in [4.69, 9.17) is 11.6 Å². The molecule has 0 bridgehead atoms. The van der Waals surface area contributed by atoms with Crippen molar-refractivity contribution in [2.24, 2.45) is 5.41 Å². The van der Waals surface area contributed by atoms with Crippen LogP contribution in [-0.2, 0) is 20.6 Å². The molecule has 2 heterocycles. The molecular weight excluding hydrogens is 545 g/mol. The van der Waals surface area contributed by atoms with Gasteiger partial charge in [-0.2, -0.15) is 13.2 Å². The van der Waals surface area contributed by atoms with Gasteiger partial charge in [-0.1, -0.05) is 17.5 Å². The Kier molecular flexibility index (Phi) is 8.23. The molecule has 4 rings (SSSR count). The number of nitrogens with zero attached hydrogens (tertiary/aromatic N) is 2. The predicted octanol–water partition coefficient (Wildman–Crippen LogP) is 5.64. The first-order chi connectivity index (χ1) is 18.7. The molecule has 1 spiro atoms. The smallest absolute Gasteiger partial charge is 0.342 e. The van der Waals surface area contributed by atoms with Crippen LogP contribution in [0.3, 0.4) is 0 Å². The van der Waals surface area contributed by atoms with Crippen molar-refractivity contribution < 1.29 is 32.3 Å². The van der Waals surface area contributed by atoms with E-state index in [2.05, 4.69) is 16.8 Å². The Balaban J connectivity index is 1.40. The Bertz CT molecular complexity index is 1420. The molecule has 1 aliphatic carbocycles. The molecule has 1 aromatic carbocycles. The summed E-state index contributed by atoms with van der Waals surface area (Å²) >= 11 is 5.84. The molecule has 1 saturated carbocycles. The maximum atomic E-state index is 13.4. The number of ketones is 3. The number of aromatic nitrogens is 1. The second kappa shape index (κ2) is 11.2. The molecule has 1 aliphatic heterocycles. The van der Waals surface area contributed by atoms with Gasteiger partial charge in [0, 0.05) is 37.7 Å². The number of hydrogen-bond acceptors (Lipinski definition) is 5. The molecule has 210 valence electrons. The number of benzene rings is 1. The second-order valence-corrected chi connectivity index (χ2v) is 11.1. The number of rotatable bonds is 4. The van der Waals surface area contributed by atoms with Gasteiger partial charge >= 0.3 is 6.18 Å². The summed E-state index contributed by atoms with van der Waals surface area (Å²) < 4.78 is 38.5. The average molecular weight is 573 g/mol. The van der Waals surface area contributed by atoms with Gasteiger partial charge in [-0.15, -0.1) is 5.92 Å². The highest BCUT2D eigenvalue weighted by molar-refractivity contribution is 6.34. The number of alkyl halides is 3. The lowest BCUT2D eigenvalue weighted by Crippen LogP contribution is -2.48. The Morgan fingerprint density at radius 3 is 2.15 bits per heavy atom. The number of pyridine rings is 1. The minimum atomic E-state index is -4.66. The van der Waals surface area contributed by atoms with Crippen LogP contribution >= 0.6 is 11.6 Å².